The van der Waals surface area contributed by atoms with E-state index in [1.807, 2.05) is 74.5 Å². The van der Waals surface area contributed by atoms with Gasteiger partial charge in [-0.3, -0.25) is 49.0 Å². The summed E-state index contributed by atoms with van der Waals surface area (Å²) in [5, 5.41) is 41.5. The van der Waals surface area contributed by atoms with Gasteiger partial charge in [-0.1, -0.05) is 115 Å². The average Bonchev–Trinajstić information content (AvgIpc) is 3.75. The first kappa shape index (κ1) is 56.7. The van der Waals surface area contributed by atoms with Crippen LogP contribution in [-0.4, -0.2) is 133 Å². The lowest BCUT2D eigenvalue weighted by atomic mass is 9.95. The molecule has 2 aromatic rings. The third-order valence-corrected chi connectivity index (χ3v) is 11.8. The second-order valence-electron chi connectivity index (χ2n) is 17.7. The Bertz CT molecular complexity index is 2040. The summed E-state index contributed by atoms with van der Waals surface area (Å²) in [6.07, 6.45) is -0.457. The fraction of sp³-hybridized carbons (Fsp3) is 0.562. The normalized spacial score (nSPS) is 17.0. The number of nitrogens with zero attached hydrogens (tertiary/aromatic N) is 3. The zero-order chi connectivity index (χ0) is 51.4. The van der Waals surface area contributed by atoms with Crippen molar-refractivity contribution < 1.29 is 63.3 Å². The predicted octanol–water partition coefficient (Wildman–Crippen LogP) is 3.27. The number of amides is 8. The molecule has 1 aliphatic heterocycles. The van der Waals surface area contributed by atoms with Gasteiger partial charge in [0.15, 0.2) is 0 Å². The second-order valence-corrected chi connectivity index (χ2v) is 17.7. The van der Waals surface area contributed by atoms with Crippen molar-refractivity contribution in [3.05, 3.63) is 71.8 Å². The Labute approximate surface area is 403 Å². The number of likely N-dealkylation sites (tertiary alicyclic amines) is 1. The van der Waals surface area contributed by atoms with Gasteiger partial charge >= 0.3 is 18.0 Å². The largest absolute Gasteiger partial charge is 0.481 e. The summed E-state index contributed by atoms with van der Waals surface area (Å²) in [7, 11) is 0. The quantitative estimate of drug-likeness (QED) is 0.0382. The summed E-state index contributed by atoms with van der Waals surface area (Å²) in [4.78, 5) is 121. The Morgan fingerprint density at radius 1 is 0.797 bits per heavy atom. The zero-order valence-electron chi connectivity index (χ0n) is 40.5. The van der Waals surface area contributed by atoms with Crippen LogP contribution >= 0.6 is 0 Å². The van der Waals surface area contributed by atoms with E-state index in [1.165, 1.54) is 16.8 Å². The van der Waals surface area contributed by atoms with Crippen LogP contribution in [0.15, 0.2) is 60.7 Å². The number of carboxylic acids is 2. The maximum Gasteiger partial charge on any atom is 0.336 e. The number of rotatable bonds is 26. The minimum Gasteiger partial charge on any atom is -0.481 e. The van der Waals surface area contributed by atoms with Crippen molar-refractivity contribution in [2.45, 2.75) is 149 Å². The van der Waals surface area contributed by atoms with E-state index in [0.29, 0.717) is 6.42 Å². The Morgan fingerprint density at radius 2 is 1.43 bits per heavy atom. The molecule has 0 aliphatic carbocycles. The smallest absolute Gasteiger partial charge is 0.336 e. The van der Waals surface area contributed by atoms with Crippen molar-refractivity contribution in [3.63, 3.8) is 0 Å². The lowest BCUT2D eigenvalue weighted by Crippen LogP contribution is -2.62. The number of benzene rings is 2. The van der Waals surface area contributed by atoms with Crippen LogP contribution in [0.5, 0.6) is 0 Å². The number of ether oxygens (including phenoxy) is 1. The van der Waals surface area contributed by atoms with E-state index in [4.69, 9.17) is 4.74 Å². The molecule has 2 aromatic carbocycles. The van der Waals surface area contributed by atoms with Gasteiger partial charge in [0.2, 0.25) is 23.6 Å². The van der Waals surface area contributed by atoms with Crippen LogP contribution in [0, 0.1) is 11.8 Å². The van der Waals surface area contributed by atoms with Crippen molar-refractivity contribution in [3.8, 4) is 0 Å². The summed E-state index contributed by atoms with van der Waals surface area (Å²) in [5.74, 6) is -9.94. The van der Waals surface area contributed by atoms with E-state index >= 15 is 0 Å². The fourth-order valence-electron chi connectivity index (χ4n) is 7.71. The molecule has 0 saturated carbocycles. The number of hydrogen-bond acceptors (Lipinski definition) is 11. The van der Waals surface area contributed by atoms with E-state index in [0.717, 1.165) is 30.9 Å². The summed E-state index contributed by atoms with van der Waals surface area (Å²) in [6, 6.07) is 9.82. The highest BCUT2D eigenvalue weighted by Crippen LogP contribution is 2.26. The van der Waals surface area contributed by atoms with Gasteiger partial charge in [-0.05, 0) is 42.7 Å². The summed E-state index contributed by atoms with van der Waals surface area (Å²) in [5.41, 5.74) is 4.44. The maximum atomic E-state index is 14.8. The molecule has 0 radical (unpaired) electrons. The van der Waals surface area contributed by atoms with Gasteiger partial charge in [-0.15, -0.1) is 0 Å². The van der Waals surface area contributed by atoms with Crippen molar-refractivity contribution in [2.24, 2.45) is 11.8 Å². The third-order valence-electron chi connectivity index (χ3n) is 11.8. The van der Waals surface area contributed by atoms with Crippen LogP contribution < -0.4 is 26.7 Å². The van der Waals surface area contributed by atoms with Crippen LogP contribution in [0.1, 0.15) is 117 Å². The Balaban J connectivity index is 1.95. The van der Waals surface area contributed by atoms with Crippen LogP contribution in [-0.2, 0) is 49.7 Å². The first-order valence-corrected chi connectivity index (χ1v) is 23.4. The first-order valence-electron chi connectivity index (χ1n) is 23.4. The van der Waals surface area contributed by atoms with Gasteiger partial charge in [-0.2, -0.15) is 0 Å². The van der Waals surface area contributed by atoms with Gasteiger partial charge in [0, 0.05) is 32.9 Å². The van der Waals surface area contributed by atoms with Crippen LogP contribution in [0.3, 0.4) is 0 Å². The number of nitrogens with one attached hydrogen (secondary N) is 5. The van der Waals surface area contributed by atoms with Crippen LogP contribution in [0.4, 0.5) is 4.79 Å². The molecule has 0 unspecified atom stereocenters. The number of urea groups is 1. The number of hydroxylamine groups is 2. The van der Waals surface area contributed by atoms with E-state index in [9.17, 15) is 58.6 Å². The van der Waals surface area contributed by atoms with E-state index in [2.05, 4.69) is 26.7 Å². The summed E-state index contributed by atoms with van der Waals surface area (Å²) >= 11 is 0. The number of hydrogen-bond donors (Lipinski definition) is 8. The number of carboxylic acid groups (broad SMARTS) is 2. The van der Waals surface area contributed by atoms with E-state index in [-0.39, 0.29) is 37.6 Å². The lowest BCUT2D eigenvalue weighted by molar-refractivity contribution is -0.187. The highest BCUT2D eigenvalue weighted by molar-refractivity contribution is 5.97. The van der Waals surface area contributed by atoms with Gasteiger partial charge in [0.1, 0.15) is 30.2 Å². The standard InChI is InChI=1S/C48H70N8O13/c1-8-10-17-24-55(48(67)49-31(6)34-20-15-12-16-21-34)53-44(63)38-25-35(69-28-33-18-13-11-14-19-33)27-54(38)47(66)41(29(3)4)52-45(64)42(30(5)9-2)56(68)46(65)36(22-23-39(58)59)51-43(62)37(26-40(60)61)50-32(7)57/h11-16,18-21,29-31,35-38,41-42,68H,8-10,17,22-28H2,1-7H3,(H,49,67)(H,50,57)(H,51,62)(H,52,64)(H,53,63)(H,58,59)(H,60,61)/t30-,31-,35+,36+,37-,38-,41-,42-/m0/s1. The Morgan fingerprint density at radius 3 is 2.00 bits per heavy atom. The molecular weight excluding hydrogens is 897 g/mol. The SMILES string of the molecule is CCCCCN(NC(=O)[C@@H]1C[C@@H](OCc2ccccc2)CN1C(=O)[C@@H](NC(=O)[C@H]([C@@H](C)CC)N(O)C(=O)[C@@H](CCC(=O)O)NC(=O)[C@H](CC(=O)O)NC(C)=O)C(C)C)C(=O)N[C@@H](C)c1ccccc1. The number of carbonyl (C=O) groups excluding carboxylic acids is 7. The molecule has 1 fully saturated rings. The van der Waals surface area contributed by atoms with Crippen molar-refractivity contribution >= 4 is 53.4 Å². The molecule has 0 bridgehead atoms. The molecule has 1 heterocycles. The molecule has 69 heavy (non-hydrogen) atoms. The zero-order valence-corrected chi connectivity index (χ0v) is 40.5. The summed E-state index contributed by atoms with van der Waals surface area (Å²) in [6.45, 7) is 11.6. The van der Waals surface area contributed by atoms with E-state index < -0.39 is 127 Å². The van der Waals surface area contributed by atoms with Crippen LogP contribution in [0.2, 0.25) is 0 Å². The molecule has 3 rings (SSSR count). The molecule has 21 nitrogen and oxygen atoms in total. The summed E-state index contributed by atoms with van der Waals surface area (Å²) < 4.78 is 6.24. The highest BCUT2D eigenvalue weighted by Gasteiger charge is 2.45. The number of carbonyl (C=O) groups is 9. The Kier molecular flexibility index (Phi) is 23.0. The molecule has 8 amide bonds. The molecular formula is C48H70N8O13. The van der Waals surface area contributed by atoms with Gasteiger partial charge in [0.25, 0.3) is 11.8 Å². The number of hydrazine groups is 1. The van der Waals surface area contributed by atoms with Gasteiger partial charge in [-0.25, -0.2) is 14.9 Å². The molecule has 0 spiro atoms. The molecule has 1 aliphatic rings. The fourth-order valence-corrected chi connectivity index (χ4v) is 7.71. The predicted molar refractivity (Wildman–Crippen MR) is 250 cm³/mol. The van der Waals surface area contributed by atoms with Crippen molar-refractivity contribution in [1.29, 1.82) is 0 Å². The van der Waals surface area contributed by atoms with Crippen molar-refractivity contribution in [2.75, 3.05) is 13.1 Å². The molecule has 380 valence electrons. The molecule has 21 heteroatoms. The van der Waals surface area contributed by atoms with Gasteiger partial charge < -0.3 is 41.1 Å². The molecule has 8 atom stereocenters. The van der Waals surface area contributed by atoms with E-state index in [1.54, 1.807) is 20.8 Å². The monoisotopic (exact) mass is 967 g/mol. The lowest BCUT2D eigenvalue weighted by Gasteiger charge is -2.35. The first-order chi connectivity index (χ1) is 32.7. The Hall–Kier alpha value is -6.61. The minimum atomic E-state index is -1.81. The minimum absolute atomic E-state index is 0.0289. The average molecular weight is 967 g/mol. The van der Waals surface area contributed by atoms with Crippen molar-refractivity contribution in [1.82, 2.24) is 41.7 Å². The number of unbranched alkanes of at least 4 members (excludes halogenated alkanes) is 2. The van der Waals surface area contributed by atoms with Gasteiger partial charge in [0.05, 0.1) is 25.2 Å². The molecule has 0 aromatic heterocycles. The second kappa shape index (κ2) is 28.0. The highest BCUT2D eigenvalue weighted by atomic mass is 16.5. The molecule has 8 N–H and O–H groups in total. The molecule has 1 saturated heterocycles. The van der Waals surface area contributed by atoms with Crippen LogP contribution in [0.25, 0.3) is 0 Å². The third kappa shape index (κ3) is 17.8. The topological polar surface area (TPSA) is 293 Å². The number of aliphatic carboxylic acids is 2. The maximum absolute atomic E-state index is 14.8.